The highest BCUT2D eigenvalue weighted by atomic mass is 32.1. The third-order valence-corrected chi connectivity index (χ3v) is 3.87. The van der Waals surface area contributed by atoms with Crippen LogP contribution in [0.2, 0.25) is 0 Å². The molecule has 2 nitrogen and oxygen atoms in total. The largest absolute Gasteiger partial charge is 0.386 e. The molecule has 0 bridgehead atoms. The lowest BCUT2D eigenvalue weighted by Crippen LogP contribution is -2.24. The molecule has 2 rings (SSSR count). The fourth-order valence-electron chi connectivity index (χ4n) is 1.79. The normalized spacial score (nSPS) is 27.6. The second-order valence-corrected chi connectivity index (χ2v) is 4.93. The van der Waals surface area contributed by atoms with Gasteiger partial charge in [-0.15, -0.1) is 11.3 Å². The molecule has 1 heterocycles. The molecule has 1 saturated carbocycles. The molecule has 2 N–H and O–H groups in total. The van der Waals surface area contributed by atoms with Gasteiger partial charge in [-0.2, -0.15) is 0 Å². The molecule has 0 spiro atoms. The predicted molar refractivity (Wildman–Crippen MR) is 59.5 cm³/mol. The molecule has 1 aromatic rings. The fraction of sp³-hybridized carbons (Fsp3) is 0.636. The summed E-state index contributed by atoms with van der Waals surface area (Å²) in [4.78, 5) is 1.06. The minimum atomic E-state index is -0.326. The zero-order valence-electron chi connectivity index (χ0n) is 8.44. The molecule has 1 aliphatic carbocycles. The van der Waals surface area contributed by atoms with Crippen molar-refractivity contribution in [3.63, 3.8) is 0 Å². The van der Waals surface area contributed by atoms with Crippen LogP contribution in [0.4, 0.5) is 0 Å². The lowest BCUT2D eigenvalue weighted by Gasteiger charge is -2.09. The van der Waals surface area contributed by atoms with Crippen LogP contribution in [0.3, 0.4) is 0 Å². The topological polar surface area (TPSA) is 32.3 Å². The Balaban J connectivity index is 1.71. The minimum Gasteiger partial charge on any atom is -0.386 e. The SMILES string of the molecule is CCC1CC1NCC(O)c1cccs1. The van der Waals surface area contributed by atoms with Gasteiger partial charge < -0.3 is 10.4 Å². The van der Waals surface area contributed by atoms with Crippen molar-refractivity contribution >= 4 is 11.3 Å². The summed E-state index contributed by atoms with van der Waals surface area (Å²) in [7, 11) is 0. The van der Waals surface area contributed by atoms with Gasteiger partial charge in [-0.25, -0.2) is 0 Å². The van der Waals surface area contributed by atoms with Crippen LogP contribution in [-0.4, -0.2) is 17.7 Å². The van der Waals surface area contributed by atoms with E-state index in [2.05, 4.69) is 12.2 Å². The highest BCUT2D eigenvalue weighted by Gasteiger charge is 2.34. The summed E-state index contributed by atoms with van der Waals surface area (Å²) in [6, 6.07) is 4.63. The molecule has 0 aromatic carbocycles. The molecular weight excluding hydrogens is 194 g/mol. The van der Waals surface area contributed by atoms with E-state index in [9.17, 15) is 5.11 Å². The summed E-state index contributed by atoms with van der Waals surface area (Å²) in [6.07, 6.45) is 2.22. The first-order chi connectivity index (χ1) is 6.81. The van der Waals surface area contributed by atoms with Crippen LogP contribution < -0.4 is 5.32 Å². The molecule has 1 fully saturated rings. The molecule has 3 unspecified atom stereocenters. The van der Waals surface area contributed by atoms with Gasteiger partial charge in [0, 0.05) is 17.5 Å². The third-order valence-electron chi connectivity index (χ3n) is 2.89. The first-order valence-corrected chi connectivity index (χ1v) is 6.14. The number of aliphatic hydroxyl groups excluding tert-OH is 1. The molecule has 0 aliphatic heterocycles. The van der Waals surface area contributed by atoms with E-state index in [1.54, 1.807) is 11.3 Å². The Kier molecular flexibility index (Phi) is 3.21. The van der Waals surface area contributed by atoms with Crippen molar-refractivity contribution in [2.45, 2.75) is 31.9 Å². The monoisotopic (exact) mass is 211 g/mol. The van der Waals surface area contributed by atoms with Gasteiger partial charge in [-0.05, 0) is 23.8 Å². The quantitative estimate of drug-likeness (QED) is 0.782. The second-order valence-electron chi connectivity index (χ2n) is 3.95. The molecular formula is C11H17NOS. The lowest BCUT2D eigenvalue weighted by molar-refractivity contribution is 0.177. The van der Waals surface area contributed by atoms with E-state index < -0.39 is 0 Å². The zero-order chi connectivity index (χ0) is 9.97. The fourth-order valence-corrected chi connectivity index (χ4v) is 2.51. The summed E-state index contributed by atoms with van der Waals surface area (Å²) in [6.45, 7) is 2.92. The summed E-state index contributed by atoms with van der Waals surface area (Å²) in [5, 5.41) is 15.2. The Labute approximate surface area is 89.0 Å². The molecule has 78 valence electrons. The van der Waals surface area contributed by atoms with Crippen molar-refractivity contribution in [3.05, 3.63) is 22.4 Å². The van der Waals surface area contributed by atoms with Gasteiger partial charge in [0.1, 0.15) is 6.10 Å². The van der Waals surface area contributed by atoms with E-state index in [-0.39, 0.29) is 6.10 Å². The van der Waals surface area contributed by atoms with Crippen molar-refractivity contribution in [1.82, 2.24) is 5.32 Å². The first-order valence-electron chi connectivity index (χ1n) is 5.26. The van der Waals surface area contributed by atoms with Crippen LogP contribution in [0.25, 0.3) is 0 Å². The van der Waals surface area contributed by atoms with Gasteiger partial charge in [0.25, 0.3) is 0 Å². The Morgan fingerprint density at radius 3 is 3.14 bits per heavy atom. The predicted octanol–water partition coefficient (Wildman–Crippen LogP) is 2.17. The number of aliphatic hydroxyl groups is 1. The van der Waals surface area contributed by atoms with Gasteiger partial charge >= 0.3 is 0 Å². The molecule has 14 heavy (non-hydrogen) atoms. The van der Waals surface area contributed by atoms with Crippen molar-refractivity contribution < 1.29 is 5.11 Å². The van der Waals surface area contributed by atoms with E-state index >= 15 is 0 Å². The average molecular weight is 211 g/mol. The number of nitrogens with one attached hydrogen (secondary N) is 1. The highest BCUT2D eigenvalue weighted by molar-refractivity contribution is 7.10. The first kappa shape index (κ1) is 10.1. The average Bonchev–Trinajstić information content (AvgIpc) is 2.73. The molecule has 3 atom stereocenters. The molecule has 0 radical (unpaired) electrons. The lowest BCUT2D eigenvalue weighted by atomic mass is 10.3. The van der Waals surface area contributed by atoms with Crippen molar-refractivity contribution in [2.75, 3.05) is 6.54 Å². The standard InChI is InChI=1S/C11H17NOS/c1-2-8-6-9(8)12-7-10(13)11-4-3-5-14-11/h3-5,8-10,12-13H,2,6-7H2,1H3. The van der Waals surface area contributed by atoms with Crippen molar-refractivity contribution in [1.29, 1.82) is 0 Å². The third kappa shape index (κ3) is 2.35. The van der Waals surface area contributed by atoms with E-state index in [4.69, 9.17) is 0 Å². The van der Waals surface area contributed by atoms with Crippen LogP contribution >= 0.6 is 11.3 Å². The second kappa shape index (κ2) is 4.43. The van der Waals surface area contributed by atoms with Gasteiger partial charge in [-0.3, -0.25) is 0 Å². The van der Waals surface area contributed by atoms with Gasteiger partial charge in [0.2, 0.25) is 0 Å². The zero-order valence-corrected chi connectivity index (χ0v) is 9.26. The Bertz CT molecular complexity index is 273. The van der Waals surface area contributed by atoms with Crippen LogP contribution in [0.15, 0.2) is 17.5 Å². The van der Waals surface area contributed by atoms with E-state index in [1.807, 2.05) is 17.5 Å². The maximum atomic E-state index is 9.79. The molecule has 1 aliphatic rings. The summed E-state index contributed by atoms with van der Waals surface area (Å²) in [5.74, 6) is 0.852. The molecule has 3 heteroatoms. The van der Waals surface area contributed by atoms with Gasteiger partial charge in [-0.1, -0.05) is 19.4 Å². The van der Waals surface area contributed by atoms with Crippen LogP contribution in [0.1, 0.15) is 30.7 Å². The van der Waals surface area contributed by atoms with Crippen molar-refractivity contribution in [3.8, 4) is 0 Å². The smallest absolute Gasteiger partial charge is 0.101 e. The van der Waals surface area contributed by atoms with E-state index in [1.165, 1.54) is 12.8 Å². The van der Waals surface area contributed by atoms with Crippen LogP contribution in [0, 0.1) is 5.92 Å². The summed E-state index contributed by atoms with van der Waals surface area (Å²) in [5.41, 5.74) is 0. The number of rotatable bonds is 5. The highest BCUT2D eigenvalue weighted by Crippen LogP contribution is 2.33. The van der Waals surface area contributed by atoms with Gasteiger partial charge in [0.05, 0.1) is 0 Å². The van der Waals surface area contributed by atoms with Crippen LogP contribution in [0.5, 0.6) is 0 Å². The van der Waals surface area contributed by atoms with E-state index in [0.29, 0.717) is 12.6 Å². The number of hydrogen-bond acceptors (Lipinski definition) is 3. The summed E-state index contributed by atoms with van der Waals surface area (Å²) >= 11 is 1.62. The van der Waals surface area contributed by atoms with Crippen molar-refractivity contribution in [2.24, 2.45) is 5.92 Å². The van der Waals surface area contributed by atoms with E-state index in [0.717, 1.165) is 10.8 Å². The number of thiophene rings is 1. The Morgan fingerprint density at radius 2 is 2.57 bits per heavy atom. The Hall–Kier alpha value is -0.380. The van der Waals surface area contributed by atoms with Crippen LogP contribution in [-0.2, 0) is 0 Å². The summed E-state index contributed by atoms with van der Waals surface area (Å²) < 4.78 is 0. The number of hydrogen-bond donors (Lipinski definition) is 2. The van der Waals surface area contributed by atoms with Gasteiger partial charge in [0.15, 0.2) is 0 Å². The maximum absolute atomic E-state index is 9.79. The molecule has 0 amide bonds. The molecule has 0 saturated heterocycles. The maximum Gasteiger partial charge on any atom is 0.101 e. The Morgan fingerprint density at radius 1 is 1.71 bits per heavy atom. The minimum absolute atomic E-state index is 0.326. The molecule has 1 aromatic heterocycles.